The second-order valence-electron chi connectivity index (χ2n) is 5.83. The second kappa shape index (κ2) is 8.28. The van der Waals surface area contributed by atoms with Gasteiger partial charge in [0.2, 0.25) is 5.91 Å². The van der Waals surface area contributed by atoms with E-state index in [1.807, 2.05) is 12.1 Å². The van der Waals surface area contributed by atoms with E-state index < -0.39 is 11.1 Å². The Morgan fingerprint density at radius 2 is 1.59 bits per heavy atom. The Morgan fingerprint density at radius 1 is 1.00 bits per heavy atom. The largest absolute Gasteiger partial charge is 0.339 e. The van der Waals surface area contributed by atoms with Crippen LogP contribution in [0.15, 0.2) is 19.2 Å². The molecule has 0 atom stereocenters. The number of nitriles is 2. The maximum absolute atomic E-state index is 12.8. The van der Waals surface area contributed by atoms with Gasteiger partial charge in [-0.2, -0.15) is 22.3 Å². The Kier molecular flexibility index (Phi) is 5.74. The SMILES string of the molecule is N#Cc1nc2c(nc1C#N)SC(=C1SC(=O)N(CC(=O)N3CCSCC3)C1=O)S2. The third-order valence-corrected chi connectivity index (χ3v) is 8.66. The van der Waals surface area contributed by atoms with Crippen molar-refractivity contribution in [1.82, 2.24) is 19.8 Å². The van der Waals surface area contributed by atoms with Gasteiger partial charge in [-0.25, -0.2) is 9.97 Å². The summed E-state index contributed by atoms with van der Waals surface area (Å²) in [6.45, 7) is 0.950. The minimum absolute atomic E-state index is 0.0843. The Hall–Kier alpha value is -2.19. The fourth-order valence-electron chi connectivity index (χ4n) is 2.69. The van der Waals surface area contributed by atoms with Crippen molar-refractivity contribution in [2.75, 3.05) is 31.1 Å². The summed E-state index contributed by atoms with van der Waals surface area (Å²) in [5.74, 6) is 0.926. The minimum atomic E-state index is -0.524. The summed E-state index contributed by atoms with van der Waals surface area (Å²) >= 11 is 4.79. The number of carbonyl (C=O) groups excluding carboxylic acids is 3. The van der Waals surface area contributed by atoms with Crippen LogP contribution in [0.25, 0.3) is 0 Å². The molecule has 0 aliphatic carbocycles. The molecule has 9 nitrogen and oxygen atoms in total. The lowest BCUT2D eigenvalue weighted by molar-refractivity contribution is -0.135. The molecule has 3 aliphatic heterocycles. The maximum atomic E-state index is 12.8. The maximum Gasteiger partial charge on any atom is 0.294 e. The van der Waals surface area contributed by atoms with Gasteiger partial charge in [0.25, 0.3) is 11.1 Å². The molecule has 2 saturated heterocycles. The Bertz CT molecular complexity index is 1010. The molecule has 0 N–H and O–H groups in total. The number of rotatable bonds is 2. The van der Waals surface area contributed by atoms with Crippen molar-refractivity contribution in [2.45, 2.75) is 10.1 Å². The van der Waals surface area contributed by atoms with Crippen molar-refractivity contribution in [1.29, 1.82) is 10.5 Å². The number of hydrogen-bond donors (Lipinski definition) is 0. The monoisotopic (exact) mass is 462 g/mol. The molecule has 0 unspecified atom stereocenters. The van der Waals surface area contributed by atoms with E-state index in [-0.39, 0.29) is 28.7 Å². The van der Waals surface area contributed by atoms with Gasteiger partial charge >= 0.3 is 0 Å². The zero-order valence-corrected chi connectivity index (χ0v) is 17.8. The minimum Gasteiger partial charge on any atom is -0.339 e. The molecule has 1 aromatic heterocycles. The van der Waals surface area contributed by atoms with Crippen LogP contribution in [0.1, 0.15) is 11.4 Å². The molecule has 2 fully saturated rings. The lowest BCUT2D eigenvalue weighted by Crippen LogP contribution is -2.45. The van der Waals surface area contributed by atoms with Gasteiger partial charge in [0, 0.05) is 24.6 Å². The summed E-state index contributed by atoms with van der Waals surface area (Å²) < 4.78 is 0.506. The number of thioether (sulfide) groups is 4. The van der Waals surface area contributed by atoms with Crippen LogP contribution < -0.4 is 0 Å². The van der Waals surface area contributed by atoms with E-state index in [2.05, 4.69) is 9.97 Å². The highest BCUT2D eigenvalue weighted by atomic mass is 32.2. The van der Waals surface area contributed by atoms with Crippen LogP contribution in [0.3, 0.4) is 0 Å². The van der Waals surface area contributed by atoms with Crippen LogP contribution >= 0.6 is 47.0 Å². The lowest BCUT2D eigenvalue weighted by atomic mass is 10.3. The van der Waals surface area contributed by atoms with E-state index >= 15 is 0 Å². The standard InChI is InChI=1S/C16H10N6O3S4/c17-5-8-9(6-18)20-13-12(19-8)28-15(29-13)11-14(24)22(16(25)27-11)7-10(23)21-1-3-26-4-2-21/h1-4,7H2. The van der Waals surface area contributed by atoms with Crippen molar-refractivity contribution < 1.29 is 14.4 Å². The molecule has 0 bridgehead atoms. The molecular formula is C16H10N6O3S4. The number of hydrogen-bond acceptors (Lipinski definition) is 11. The number of fused-ring (bicyclic) bond motifs is 1. The predicted molar refractivity (Wildman–Crippen MR) is 109 cm³/mol. The molecule has 3 aliphatic rings. The smallest absolute Gasteiger partial charge is 0.294 e. The third-order valence-electron chi connectivity index (χ3n) is 4.12. The van der Waals surface area contributed by atoms with E-state index in [0.717, 1.165) is 51.7 Å². The number of nitrogens with zero attached hydrogens (tertiary/aromatic N) is 6. The highest BCUT2D eigenvalue weighted by Gasteiger charge is 2.41. The van der Waals surface area contributed by atoms with Gasteiger partial charge in [0.1, 0.15) is 33.6 Å². The zero-order valence-electron chi connectivity index (χ0n) is 14.6. The summed E-state index contributed by atoms with van der Waals surface area (Å²) in [4.78, 5) is 48.7. The summed E-state index contributed by atoms with van der Waals surface area (Å²) in [7, 11) is 0. The van der Waals surface area contributed by atoms with Gasteiger partial charge in [0.15, 0.2) is 11.4 Å². The van der Waals surface area contributed by atoms with Crippen LogP contribution in [-0.2, 0) is 9.59 Å². The number of imide groups is 1. The van der Waals surface area contributed by atoms with Gasteiger partial charge < -0.3 is 4.90 Å². The molecule has 0 aromatic carbocycles. The number of amides is 3. The predicted octanol–water partition coefficient (Wildman–Crippen LogP) is 1.86. The third kappa shape index (κ3) is 3.83. The summed E-state index contributed by atoms with van der Waals surface area (Å²) in [6.07, 6.45) is 0. The first kappa shape index (κ1) is 20.1. The Morgan fingerprint density at radius 3 is 2.14 bits per heavy atom. The van der Waals surface area contributed by atoms with Crippen molar-refractivity contribution in [3.05, 3.63) is 20.5 Å². The molecule has 0 radical (unpaired) electrons. The van der Waals surface area contributed by atoms with Gasteiger partial charge in [-0.05, 0) is 11.8 Å². The van der Waals surface area contributed by atoms with E-state index in [1.54, 1.807) is 16.7 Å². The molecule has 4 rings (SSSR count). The quantitative estimate of drug-likeness (QED) is 0.597. The van der Waals surface area contributed by atoms with Crippen LogP contribution in [0.4, 0.5) is 4.79 Å². The molecular weight excluding hydrogens is 452 g/mol. The van der Waals surface area contributed by atoms with E-state index in [9.17, 15) is 14.4 Å². The van der Waals surface area contributed by atoms with Crippen LogP contribution in [-0.4, -0.2) is 68.0 Å². The highest BCUT2D eigenvalue weighted by molar-refractivity contribution is 8.27. The van der Waals surface area contributed by atoms with Crippen molar-refractivity contribution in [3.8, 4) is 12.1 Å². The molecule has 3 amide bonds. The normalized spacial score (nSPS) is 18.7. The first-order valence-corrected chi connectivity index (χ1v) is 11.8. The number of aromatic nitrogens is 2. The second-order valence-corrected chi connectivity index (χ2v) is 10.3. The van der Waals surface area contributed by atoms with Crippen LogP contribution in [0, 0.1) is 22.7 Å². The van der Waals surface area contributed by atoms with Gasteiger partial charge in [-0.15, -0.1) is 0 Å². The average molecular weight is 463 g/mol. The summed E-state index contributed by atoms with van der Waals surface area (Å²) in [6, 6.07) is 3.65. The van der Waals surface area contributed by atoms with E-state index in [1.165, 1.54) is 0 Å². The lowest BCUT2D eigenvalue weighted by Gasteiger charge is -2.27. The van der Waals surface area contributed by atoms with Crippen LogP contribution in [0.5, 0.6) is 0 Å². The molecule has 4 heterocycles. The fraction of sp³-hybridized carbons (Fsp3) is 0.312. The Balaban J connectivity index is 1.54. The van der Waals surface area contributed by atoms with Crippen molar-refractivity contribution in [2.24, 2.45) is 0 Å². The van der Waals surface area contributed by atoms with E-state index in [4.69, 9.17) is 10.5 Å². The van der Waals surface area contributed by atoms with Crippen molar-refractivity contribution >= 4 is 64.1 Å². The summed E-state index contributed by atoms with van der Waals surface area (Å²) in [5.41, 5.74) is -0.169. The van der Waals surface area contributed by atoms with Gasteiger partial charge in [-0.3, -0.25) is 19.3 Å². The van der Waals surface area contributed by atoms with Crippen LogP contribution in [0.2, 0.25) is 0 Å². The topological polar surface area (TPSA) is 131 Å². The fourth-order valence-corrected chi connectivity index (χ4v) is 6.95. The average Bonchev–Trinajstić information content (AvgIpc) is 3.28. The number of carbonyl (C=O) groups is 3. The first-order valence-electron chi connectivity index (χ1n) is 8.23. The molecule has 0 spiro atoms. The van der Waals surface area contributed by atoms with Gasteiger partial charge in [0.05, 0.1) is 4.24 Å². The van der Waals surface area contributed by atoms with Crippen molar-refractivity contribution in [3.63, 3.8) is 0 Å². The molecule has 0 saturated carbocycles. The first-order chi connectivity index (χ1) is 14.0. The Labute approximate surface area is 182 Å². The molecule has 29 heavy (non-hydrogen) atoms. The molecule has 146 valence electrons. The summed E-state index contributed by atoms with van der Waals surface area (Å²) in [5, 5.41) is 18.5. The van der Waals surface area contributed by atoms with E-state index in [0.29, 0.717) is 27.4 Å². The highest BCUT2D eigenvalue weighted by Crippen LogP contribution is 2.53. The molecule has 13 heteroatoms. The van der Waals surface area contributed by atoms with Gasteiger partial charge in [-0.1, -0.05) is 23.5 Å². The molecule has 1 aromatic rings. The zero-order chi connectivity index (χ0) is 20.5.